The molecule has 0 bridgehead atoms. The van der Waals surface area contributed by atoms with Crippen LogP contribution in [0, 0.1) is 0 Å². The van der Waals surface area contributed by atoms with Gasteiger partial charge in [0.15, 0.2) is 10.5 Å². The van der Waals surface area contributed by atoms with Crippen molar-refractivity contribution < 1.29 is 114 Å². The second kappa shape index (κ2) is 46.7. The largest absolute Gasteiger partial charge is 1.00 e. The van der Waals surface area contributed by atoms with E-state index in [1.54, 1.807) is 0 Å². The number of hydrogen-bond donors (Lipinski definition) is 2. The fourth-order valence-electron chi connectivity index (χ4n) is 6.20. The van der Waals surface area contributed by atoms with Gasteiger partial charge in [0.2, 0.25) is 11.8 Å². The van der Waals surface area contributed by atoms with Gasteiger partial charge >= 0.3 is 71.1 Å². The molecular formula is C44H80N2Na2O12S2. The molecule has 0 saturated heterocycles. The van der Waals surface area contributed by atoms with Gasteiger partial charge in [-0.3, -0.25) is 19.2 Å². The Kier molecular flexibility index (Phi) is 51.0. The summed E-state index contributed by atoms with van der Waals surface area (Å²) in [6, 6.07) is 0. The first-order chi connectivity index (χ1) is 28.6. The van der Waals surface area contributed by atoms with Gasteiger partial charge in [-0.2, -0.15) is 0 Å². The van der Waals surface area contributed by atoms with Crippen LogP contribution < -0.4 is 70.6 Å². The van der Waals surface area contributed by atoms with E-state index in [0.29, 0.717) is 12.8 Å². The molecule has 0 aromatic rings. The van der Waals surface area contributed by atoms with E-state index < -0.39 is 67.3 Å². The molecule has 4 N–H and O–H groups in total. The van der Waals surface area contributed by atoms with Gasteiger partial charge in [-0.15, -0.1) is 0 Å². The van der Waals surface area contributed by atoms with Gasteiger partial charge in [-0.1, -0.05) is 154 Å². The van der Waals surface area contributed by atoms with Crippen molar-refractivity contribution in [3.63, 3.8) is 0 Å². The Balaban J connectivity index is -0.000000526. The molecule has 0 heterocycles. The number of allylic oxidation sites excluding steroid dienone is 4. The fraction of sp³-hybridized carbons (Fsp3) is 0.818. The van der Waals surface area contributed by atoms with Gasteiger partial charge in [0, 0.05) is 0 Å². The summed E-state index contributed by atoms with van der Waals surface area (Å²) < 4.78 is 75.8. The summed E-state index contributed by atoms with van der Waals surface area (Å²) in [7, 11) is -9.93. The zero-order valence-electron chi connectivity index (χ0n) is 39.0. The molecule has 0 spiro atoms. The van der Waals surface area contributed by atoms with Crippen LogP contribution in [0.4, 0.5) is 0 Å². The van der Waals surface area contributed by atoms with Crippen molar-refractivity contribution in [1.82, 2.24) is 0 Å². The van der Waals surface area contributed by atoms with Gasteiger partial charge in [0.05, 0.1) is 26.1 Å². The van der Waals surface area contributed by atoms with Gasteiger partial charge in [0.25, 0.3) is 0 Å². The Labute approximate surface area is 420 Å². The van der Waals surface area contributed by atoms with Crippen LogP contribution in [-0.4, -0.2) is 73.4 Å². The fourth-order valence-corrected chi connectivity index (χ4v) is 7.55. The van der Waals surface area contributed by atoms with Crippen molar-refractivity contribution in [3.05, 3.63) is 24.3 Å². The minimum absolute atomic E-state index is 0. The maximum atomic E-state index is 11.7. The molecular weight excluding hydrogens is 859 g/mol. The van der Waals surface area contributed by atoms with Crippen molar-refractivity contribution in [2.45, 2.75) is 217 Å². The maximum Gasteiger partial charge on any atom is 1.00 e. The van der Waals surface area contributed by atoms with E-state index in [0.717, 1.165) is 77.0 Å². The standard InChI is InChI=1S/2C22H41NO6S.2Na/c2*1-2-3-4-5-6-7-8-9-10-11-12-13-14-15-16-17-18-29-22(25)20(19-21(23)24)30(26,27)28;;/h2*9-10,20H,2-8,11-19H2,1H3,(H2,23,24)(H,26,27,28);;/q;;2*+1/p-2/b2*10-9-;;. The van der Waals surface area contributed by atoms with Crippen LogP contribution in [-0.2, 0) is 48.9 Å². The Bertz CT molecular complexity index is 1290. The zero-order valence-corrected chi connectivity index (χ0v) is 44.6. The number of unbranched alkanes of at least 4 members (excludes halogenated alkanes) is 24. The monoisotopic (exact) mass is 938 g/mol. The first kappa shape index (κ1) is 67.8. The summed E-state index contributed by atoms with van der Waals surface area (Å²) in [5, 5.41) is -4.10. The molecule has 0 radical (unpaired) electrons. The Morgan fingerprint density at radius 2 is 0.661 bits per heavy atom. The molecule has 0 aliphatic carbocycles. The third-order valence-corrected chi connectivity index (χ3v) is 11.9. The van der Waals surface area contributed by atoms with Crippen LogP contribution in [0.1, 0.15) is 206 Å². The van der Waals surface area contributed by atoms with E-state index in [-0.39, 0.29) is 72.3 Å². The maximum absolute atomic E-state index is 11.7. The van der Waals surface area contributed by atoms with Gasteiger partial charge in [-0.25, -0.2) is 16.8 Å². The average Bonchev–Trinajstić information content (AvgIpc) is 3.17. The minimum Gasteiger partial charge on any atom is -0.747 e. The second-order valence-corrected chi connectivity index (χ2v) is 18.6. The molecule has 0 fully saturated rings. The number of rotatable bonds is 40. The van der Waals surface area contributed by atoms with E-state index in [2.05, 4.69) is 38.2 Å². The number of amides is 2. The molecule has 0 aliphatic rings. The first-order valence-corrected chi connectivity index (χ1v) is 25.6. The van der Waals surface area contributed by atoms with E-state index >= 15 is 0 Å². The molecule has 14 nitrogen and oxygen atoms in total. The molecule has 0 rings (SSSR count). The number of ether oxygens (including phenoxy) is 2. The number of carbonyl (C=O) groups is 4. The molecule has 2 amide bonds. The van der Waals surface area contributed by atoms with E-state index in [4.69, 9.17) is 20.9 Å². The van der Waals surface area contributed by atoms with Crippen LogP contribution in [0.2, 0.25) is 0 Å². The Morgan fingerprint density at radius 3 is 0.887 bits per heavy atom. The number of hydrogen-bond acceptors (Lipinski definition) is 12. The van der Waals surface area contributed by atoms with Crippen LogP contribution in [0.25, 0.3) is 0 Å². The topological polar surface area (TPSA) is 253 Å². The van der Waals surface area contributed by atoms with E-state index in [1.165, 1.54) is 89.9 Å². The number of esters is 2. The summed E-state index contributed by atoms with van der Waals surface area (Å²) in [6.45, 7) is 4.53. The molecule has 62 heavy (non-hydrogen) atoms. The quantitative estimate of drug-likeness (QED) is 0.0296. The molecule has 0 saturated carbocycles. The molecule has 0 aromatic carbocycles. The normalized spacial score (nSPS) is 12.5. The molecule has 0 aromatic heterocycles. The average molecular weight is 939 g/mol. The molecule has 352 valence electrons. The van der Waals surface area contributed by atoms with E-state index in [1.807, 2.05) is 0 Å². The third-order valence-electron chi connectivity index (χ3n) is 9.80. The summed E-state index contributed by atoms with van der Waals surface area (Å²) in [4.78, 5) is 44.9. The van der Waals surface area contributed by atoms with Crippen molar-refractivity contribution in [2.75, 3.05) is 13.2 Å². The van der Waals surface area contributed by atoms with Crippen molar-refractivity contribution >= 4 is 44.0 Å². The number of carbonyl (C=O) groups excluding carboxylic acids is 4. The Morgan fingerprint density at radius 1 is 0.435 bits per heavy atom. The van der Waals surface area contributed by atoms with Crippen LogP contribution >= 0.6 is 0 Å². The van der Waals surface area contributed by atoms with Crippen LogP contribution in [0.5, 0.6) is 0 Å². The van der Waals surface area contributed by atoms with Crippen LogP contribution in [0.15, 0.2) is 24.3 Å². The smallest absolute Gasteiger partial charge is 0.747 e. The SMILES string of the molecule is CCCCCCCC/C=C\CCCCCCCCOC(=O)C(CC(N)=O)S(=O)(=O)[O-].CCCCCCCC/C=C\CCCCCCCCOC(=O)C(CC(N)=O)S(=O)(=O)[O-].[Na+].[Na+]. The molecule has 2 atom stereocenters. The predicted octanol–water partition coefficient (Wildman–Crippen LogP) is 2.72. The van der Waals surface area contributed by atoms with Gasteiger partial charge < -0.3 is 30.0 Å². The van der Waals surface area contributed by atoms with E-state index in [9.17, 15) is 45.1 Å². The van der Waals surface area contributed by atoms with Crippen molar-refractivity contribution in [1.29, 1.82) is 0 Å². The molecule has 2 unspecified atom stereocenters. The molecule has 18 heteroatoms. The summed E-state index contributed by atoms with van der Waals surface area (Å²) in [6.07, 6.45) is 39.7. The summed E-state index contributed by atoms with van der Waals surface area (Å²) >= 11 is 0. The number of nitrogens with two attached hydrogens (primary N) is 2. The summed E-state index contributed by atoms with van der Waals surface area (Å²) in [5.74, 6) is -4.46. The van der Waals surface area contributed by atoms with Gasteiger partial charge in [0.1, 0.15) is 20.2 Å². The second-order valence-electron chi connectivity index (χ2n) is 15.5. The Hall–Kier alpha value is -0.820. The molecule has 0 aliphatic heterocycles. The minimum atomic E-state index is -4.96. The van der Waals surface area contributed by atoms with Crippen molar-refractivity contribution in [3.8, 4) is 0 Å². The number of primary amides is 2. The van der Waals surface area contributed by atoms with Crippen LogP contribution in [0.3, 0.4) is 0 Å². The first-order valence-electron chi connectivity index (χ1n) is 22.7. The van der Waals surface area contributed by atoms with Crippen molar-refractivity contribution in [2.24, 2.45) is 11.5 Å². The third kappa shape index (κ3) is 47.2. The summed E-state index contributed by atoms with van der Waals surface area (Å²) in [5.41, 5.74) is 9.74. The zero-order chi connectivity index (χ0) is 45.3. The predicted molar refractivity (Wildman–Crippen MR) is 235 cm³/mol. The van der Waals surface area contributed by atoms with Gasteiger partial charge in [-0.05, 0) is 64.2 Å².